The number of amides is 2. The van der Waals surface area contributed by atoms with Crippen molar-refractivity contribution in [1.82, 2.24) is 10.6 Å². The van der Waals surface area contributed by atoms with Gasteiger partial charge in [-0.2, -0.15) is 0 Å². The van der Waals surface area contributed by atoms with Gasteiger partial charge < -0.3 is 10.2 Å². The van der Waals surface area contributed by atoms with Crippen molar-refractivity contribution in [3.05, 3.63) is 0 Å². The van der Waals surface area contributed by atoms with Crippen molar-refractivity contribution < 1.29 is 9.63 Å². The Morgan fingerprint density at radius 1 is 1.57 bits per heavy atom. The van der Waals surface area contributed by atoms with Crippen LogP contribution in [0.2, 0.25) is 0 Å². The molecule has 0 saturated heterocycles. The molecule has 14 heavy (non-hydrogen) atoms. The summed E-state index contributed by atoms with van der Waals surface area (Å²) in [6.07, 6.45) is 0.686. The molecule has 2 amide bonds. The van der Waals surface area contributed by atoms with Gasteiger partial charge in [0.05, 0.1) is 0 Å². The van der Waals surface area contributed by atoms with Gasteiger partial charge in [-0.25, -0.2) is 4.79 Å². The average Bonchev–Trinajstić information content (AvgIpc) is 2.51. The summed E-state index contributed by atoms with van der Waals surface area (Å²) >= 11 is 0. The molecule has 0 aromatic carbocycles. The third-order valence-corrected chi connectivity index (χ3v) is 2.12. The number of urea groups is 1. The van der Waals surface area contributed by atoms with Crippen LogP contribution in [0.4, 0.5) is 4.79 Å². The fraction of sp³-hybridized carbons (Fsp3) is 0.778. The van der Waals surface area contributed by atoms with Crippen LogP contribution in [0.3, 0.4) is 0 Å². The Bertz CT molecular complexity index is 255. The molecule has 5 heteroatoms. The molecule has 0 radical (unpaired) electrons. The molecule has 5 nitrogen and oxygen atoms in total. The van der Waals surface area contributed by atoms with Gasteiger partial charge in [-0.3, -0.25) is 5.32 Å². The van der Waals surface area contributed by atoms with Crippen LogP contribution >= 0.6 is 0 Å². The second-order valence-corrected chi connectivity index (χ2v) is 4.41. The lowest BCUT2D eigenvalue weighted by Crippen LogP contribution is -2.38. The van der Waals surface area contributed by atoms with Gasteiger partial charge in [0.25, 0.3) is 0 Å². The standard InChI is InChI=1S/C9H17N3O2/c1-9(2,3)6-5-7(12-14-6)11-8(13)10-4/h6H,5H2,1-4H3,(H2,10,11,12,13). The van der Waals surface area contributed by atoms with Crippen LogP contribution in [-0.2, 0) is 4.84 Å². The van der Waals surface area contributed by atoms with E-state index in [0.717, 1.165) is 0 Å². The Hall–Kier alpha value is -1.26. The summed E-state index contributed by atoms with van der Waals surface area (Å²) in [7, 11) is 1.56. The van der Waals surface area contributed by atoms with Crippen molar-refractivity contribution in [2.75, 3.05) is 7.05 Å². The molecule has 1 aliphatic rings. The molecule has 0 fully saturated rings. The van der Waals surface area contributed by atoms with Gasteiger partial charge in [-0.05, 0) is 0 Å². The number of amidine groups is 1. The Labute approximate surface area is 83.9 Å². The summed E-state index contributed by atoms with van der Waals surface area (Å²) < 4.78 is 0. The molecule has 0 saturated carbocycles. The van der Waals surface area contributed by atoms with Crippen molar-refractivity contribution in [1.29, 1.82) is 0 Å². The molecule has 1 rings (SSSR count). The lowest BCUT2D eigenvalue weighted by molar-refractivity contribution is 0.00830. The highest BCUT2D eigenvalue weighted by molar-refractivity contribution is 5.97. The van der Waals surface area contributed by atoms with E-state index in [4.69, 9.17) is 4.84 Å². The number of rotatable bonds is 0. The van der Waals surface area contributed by atoms with E-state index >= 15 is 0 Å². The van der Waals surface area contributed by atoms with Crippen molar-refractivity contribution in [2.24, 2.45) is 10.6 Å². The van der Waals surface area contributed by atoms with Crippen molar-refractivity contribution >= 4 is 11.9 Å². The Balaban J connectivity index is 2.44. The lowest BCUT2D eigenvalue weighted by atomic mass is 9.87. The maximum atomic E-state index is 11.0. The molecule has 0 aromatic heterocycles. The minimum Gasteiger partial charge on any atom is -0.390 e. The minimum atomic E-state index is -0.262. The Morgan fingerprint density at radius 2 is 2.21 bits per heavy atom. The highest BCUT2D eigenvalue weighted by Crippen LogP contribution is 2.28. The second kappa shape index (κ2) is 3.86. The SMILES string of the molecule is CNC(=O)NC1=NOC(C(C)(C)C)C1. The second-order valence-electron chi connectivity index (χ2n) is 4.41. The molecule has 1 aliphatic heterocycles. The fourth-order valence-electron chi connectivity index (χ4n) is 1.11. The first-order chi connectivity index (χ1) is 6.43. The van der Waals surface area contributed by atoms with Crippen LogP contribution in [0.5, 0.6) is 0 Å². The van der Waals surface area contributed by atoms with Crippen molar-refractivity contribution in [3.8, 4) is 0 Å². The molecule has 1 unspecified atom stereocenters. The van der Waals surface area contributed by atoms with E-state index in [1.807, 2.05) is 0 Å². The van der Waals surface area contributed by atoms with Gasteiger partial charge in [0.15, 0.2) is 5.84 Å². The first-order valence-electron chi connectivity index (χ1n) is 4.65. The molecule has 0 aliphatic carbocycles. The minimum absolute atomic E-state index is 0.0367. The predicted molar refractivity (Wildman–Crippen MR) is 54.0 cm³/mol. The summed E-state index contributed by atoms with van der Waals surface area (Å²) in [6.45, 7) is 6.24. The van der Waals surface area contributed by atoms with Gasteiger partial charge in [0, 0.05) is 18.9 Å². The number of hydrogen-bond acceptors (Lipinski definition) is 3. The summed E-state index contributed by atoms with van der Waals surface area (Å²) in [5, 5.41) is 8.88. The first kappa shape index (κ1) is 10.8. The highest BCUT2D eigenvalue weighted by atomic mass is 16.6. The number of hydrogen-bond donors (Lipinski definition) is 2. The van der Waals surface area contributed by atoms with Crippen LogP contribution in [0, 0.1) is 5.41 Å². The average molecular weight is 199 g/mol. The van der Waals surface area contributed by atoms with Gasteiger partial charge in [0.1, 0.15) is 6.10 Å². The number of nitrogens with one attached hydrogen (secondary N) is 2. The molecule has 0 aromatic rings. The first-order valence-corrected chi connectivity index (χ1v) is 4.65. The molecule has 1 heterocycles. The molecule has 2 N–H and O–H groups in total. The van der Waals surface area contributed by atoms with E-state index in [2.05, 4.69) is 36.6 Å². The van der Waals surface area contributed by atoms with Crippen LogP contribution in [0.15, 0.2) is 5.16 Å². The summed E-state index contributed by atoms with van der Waals surface area (Å²) in [5.74, 6) is 0.587. The van der Waals surface area contributed by atoms with Gasteiger partial charge in [-0.1, -0.05) is 25.9 Å². The van der Waals surface area contributed by atoms with Crippen molar-refractivity contribution in [2.45, 2.75) is 33.3 Å². The fourth-order valence-corrected chi connectivity index (χ4v) is 1.11. The monoisotopic (exact) mass is 199 g/mol. The largest absolute Gasteiger partial charge is 0.390 e. The normalized spacial score (nSPS) is 21.1. The van der Waals surface area contributed by atoms with Crippen LogP contribution in [-0.4, -0.2) is 25.0 Å². The number of oxime groups is 1. The third-order valence-electron chi connectivity index (χ3n) is 2.12. The van der Waals surface area contributed by atoms with Gasteiger partial charge in [-0.15, -0.1) is 0 Å². The zero-order valence-electron chi connectivity index (χ0n) is 9.05. The summed E-state index contributed by atoms with van der Waals surface area (Å²) in [4.78, 5) is 16.2. The van der Waals surface area contributed by atoms with E-state index in [9.17, 15) is 4.79 Å². The van der Waals surface area contributed by atoms with Crippen molar-refractivity contribution in [3.63, 3.8) is 0 Å². The maximum Gasteiger partial charge on any atom is 0.319 e. The zero-order chi connectivity index (χ0) is 10.8. The van der Waals surface area contributed by atoms with Gasteiger partial charge in [0.2, 0.25) is 0 Å². The molecular weight excluding hydrogens is 182 g/mol. The Kier molecular flexibility index (Phi) is 2.98. The Morgan fingerprint density at radius 3 is 2.64 bits per heavy atom. The quantitative estimate of drug-likeness (QED) is 0.613. The number of nitrogens with zero attached hydrogens (tertiary/aromatic N) is 1. The lowest BCUT2D eigenvalue weighted by Gasteiger charge is -2.23. The highest BCUT2D eigenvalue weighted by Gasteiger charge is 2.32. The summed E-state index contributed by atoms with van der Waals surface area (Å²) in [5.41, 5.74) is 0.0373. The number of carbonyl (C=O) groups excluding carboxylic acids is 1. The summed E-state index contributed by atoms with van der Waals surface area (Å²) in [6, 6.07) is -0.262. The molecule has 80 valence electrons. The van der Waals surface area contributed by atoms with E-state index in [0.29, 0.717) is 12.3 Å². The predicted octanol–water partition coefficient (Wildman–Crippen LogP) is 1.06. The molecule has 0 spiro atoms. The topological polar surface area (TPSA) is 62.7 Å². The van der Waals surface area contributed by atoms with E-state index in [-0.39, 0.29) is 17.6 Å². The van der Waals surface area contributed by atoms with Crippen LogP contribution in [0.25, 0.3) is 0 Å². The smallest absolute Gasteiger partial charge is 0.319 e. The van der Waals surface area contributed by atoms with Gasteiger partial charge >= 0.3 is 6.03 Å². The third kappa shape index (κ3) is 2.61. The van der Waals surface area contributed by atoms with Crippen LogP contribution < -0.4 is 10.6 Å². The van der Waals surface area contributed by atoms with Crippen LogP contribution in [0.1, 0.15) is 27.2 Å². The molecular formula is C9H17N3O2. The molecule has 1 atom stereocenters. The van der Waals surface area contributed by atoms with E-state index in [1.54, 1.807) is 7.05 Å². The van der Waals surface area contributed by atoms with E-state index in [1.165, 1.54) is 0 Å². The maximum absolute atomic E-state index is 11.0. The zero-order valence-corrected chi connectivity index (χ0v) is 9.05. The number of carbonyl (C=O) groups is 1. The van der Waals surface area contributed by atoms with E-state index < -0.39 is 0 Å². The molecule has 0 bridgehead atoms.